The van der Waals surface area contributed by atoms with Gasteiger partial charge in [-0.1, -0.05) is 55.2 Å². The molecule has 0 aromatic heterocycles. The minimum Gasteiger partial charge on any atom is -0.468 e. The number of benzene rings is 2. The molecule has 0 atom stereocenters. The van der Waals surface area contributed by atoms with Gasteiger partial charge in [0.1, 0.15) is 6.54 Å². The maximum absolute atomic E-state index is 13.2. The van der Waals surface area contributed by atoms with Gasteiger partial charge in [-0.05, 0) is 35.7 Å². The fourth-order valence-corrected chi connectivity index (χ4v) is 4.27. The maximum Gasteiger partial charge on any atom is 0.326 e. The second-order valence-electron chi connectivity index (χ2n) is 5.88. The predicted octanol–water partition coefficient (Wildman–Crippen LogP) is 4.49. The second-order valence-corrected chi connectivity index (χ2v) is 8.55. The molecule has 0 heterocycles. The quantitative estimate of drug-likeness (QED) is 0.652. The first-order valence-electron chi connectivity index (χ1n) is 7.82. The van der Waals surface area contributed by atoms with Crippen LogP contribution in [0.5, 0.6) is 0 Å². The van der Waals surface area contributed by atoms with E-state index in [1.165, 1.54) is 25.3 Å². The molecular weight excluding hydrogens is 397 g/mol. The van der Waals surface area contributed by atoms with Crippen molar-refractivity contribution in [1.29, 1.82) is 0 Å². The predicted molar refractivity (Wildman–Crippen MR) is 104 cm³/mol. The Balaban J connectivity index is 2.65. The summed E-state index contributed by atoms with van der Waals surface area (Å²) in [5.41, 5.74) is 1.21. The van der Waals surface area contributed by atoms with E-state index in [9.17, 15) is 13.2 Å². The van der Waals surface area contributed by atoms with Gasteiger partial charge in [-0.3, -0.25) is 9.10 Å². The fourth-order valence-electron chi connectivity index (χ4n) is 2.45. The number of rotatable bonds is 6. The number of esters is 1. The second kappa shape index (κ2) is 8.29. The Morgan fingerprint density at radius 2 is 1.77 bits per heavy atom. The van der Waals surface area contributed by atoms with E-state index in [0.29, 0.717) is 5.69 Å². The molecule has 8 heteroatoms. The molecule has 2 aromatic carbocycles. The number of ether oxygens (including phenoxy) is 1. The van der Waals surface area contributed by atoms with Crippen LogP contribution in [0.4, 0.5) is 5.69 Å². The number of methoxy groups -OCH3 is 1. The van der Waals surface area contributed by atoms with Gasteiger partial charge in [-0.15, -0.1) is 0 Å². The lowest BCUT2D eigenvalue weighted by Crippen LogP contribution is -2.37. The van der Waals surface area contributed by atoms with E-state index in [0.717, 1.165) is 9.87 Å². The summed E-state index contributed by atoms with van der Waals surface area (Å²) >= 11 is 11.9. The zero-order valence-electron chi connectivity index (χ0n) is 14.6. The van der Waals surface area contributed by atoms with Crippen LogP contribution in [0.3, 0.4) is 0 Å². The summed E-state index contributed by atoms with van der Waals surface area (Å²) in [6, 6.07) is 11.0. The number of carbonyl (C=O) groups excluding carboxylic acids is 1. The van der Waals surface area contributed by atoms with Crippen molar-refractivity contribution < 1.29 is 17.9 Å². The zero-order valence-corrected chi connectivity index (χ0v) is 16.9. The Hall–Kier alpha value is -1.76. The highest BCUT2D eigenvalue weighted by atomic mass is 35.5. The molecule has 0 bridgehead atoms. The summed E-state index contributed by atoms with van der Waals surface area (Å²) in [6.45, 7) is 3.44. The topological polar surface area (TPSA) is 63.7 Å². The number of anilines is 1. The Bertz CT molecular complexity index is 913. The van der Waals surface area contributed by atoms with Crippen LogP contribution in [0, 0.1) is 0 Å². The van der Waals surface area contributed by atoms with Crippen LogP contribution < -0.4 is 4.31 Å². The van der Waals surface area contributed by atoms with Crippen LogP contribution >= 0.6 is 23.2 Å². The molecule has 0 unspecified atom stereocenters. The number of hydrogen-bond donors (Lipinski definition) is 0. The first-order valence-corrected chi connectivity index (χ1v) is 10.0. The lowest BCUT2D eigenvalue weighted by molar-refractivity contribution is -0.138. The molecule has 2 aromatic rings. The van der Waals surface area contributed by atoms with Crippen molar-refractivity contribution in [1.82, 2.24) is 0 Å². The normalized spacial score (nSPS) is 11.5. The first kappa shape index (κ1) is 20.6. The SMILES string of the molecule is COC(=O)CN(c1ccccc1C(C)C)S(=O)(=O)c1ccc(Cl)c(Cl)c1. The molecule has 0 saturated heterocycles. The molecule has 0 spiro atoms. The van der Waals surface area contributed by atoms with E-state index in [1.54, 1.807) is 12.1 Å². The van der Waals surface area contributed by atoms with E-state index in [2.05, 4.69) is 4.74 Å². The van der Waals surface area contributed by atoms with Gasteiger partial charge in [0.15, 0.2) is 0 Å². The van der Waals surface area contributed by atoms with E-state index in [1.807, 2.05) is 26.0 Å². The van der Waals surface area contributed by atoms with Crippen LogP contribution in [0.1, 0.15) is 25.3 Å². The lowest BCUT2D eigenvalue weighted by atomic mass is 10.0. The van der Waals surface area contributed by atoms with E-state index in [-0.39, 0.29) is 20.9 Å². The van der Waals surface area contributed by atoms with Gasteiger partial charge in [-0.2, -0.15) is 0 Å². The molecule has 140 valence electrons. The molecule has 0 aliphatic carbocycles. The summed E-state index contributed by atoms with van der Waals surface area (Å²) in [5, 5.41) is 0.357. The summed E-state index contributed by atoms with van der Waals surface area (Å²) < 4.78 is 32.2. The minimum absolute atomic E-state index is 0.0513. The molecular formula is C18H19Cl2NO4S. The van der Waals surface area contributed by atoms with Crippen molar-refractivity contribution in [3.63, 3.8) is 0 Å². The third-order valence-corrected chi connectivity index (χ3v) is 6.30. The standard InChI is InChI=1S/C18H19Cl2NO4S/c1-12(2)14-6-4-5-7-17(14)21(11-18(22)25-3)26(23,24)13-8-9-15(19)16(20)10-13/h4-10,12H,11H2,1-3H3. The number of sulfonamides is 1. The number of nitrogens with zero attached hydrogens (tertiary/aromatic N) is 1. The zero-order chi connectivity index (χ0) is 19.5. The van der Waals surface area contributed by atoms with Crippen molar-refractivity contribution in [2.75, 3.05) is 18.0 Å². The highest BCUT2D eigenvalue weighted by molar-refractivity contribution is 7.92. The Labute approximate surface area is 163 Å². The van der Waals surface area contributed by atoms with Gasteiger partial charge in [0.2, 0.25) is 0 Å². The van der Waals surface area contributed by atoms with Crippen molar-refractivity contribution in [2.45, 2.75) is 24.7 Å². The average molecular weight is 416 g/mol. The van der Waals surface area contributed by atoms with Gasteiger partial charge in [0, 0.05) is 0 Å². The lowest BCUT2D eigenvalue weighted by Gasteiger charge is -2.27. The third kappa shape index (κ3) is 4.31. The molecule has 26 heavy (non-hydrogen) atoms. The first-order chi connectivity index (χ1) is 12.2. The molecule has 0 aliphatic rings. The highest BCUT2D eigenvalue weighted by Gasteiger charge is 2.30. The number of hydrogen-bond acceptors (Lipinski definition) is 4. The summed E-state index contributed by atoms with van der Waals surface area (Å²) in [6.07, 6.45) is 0. The maximum atomic E-state index is 13.2. The monoisotopic (exact) mass is 415 g/mol. The average Bonchev–Trinajstić information content (AvgIpc) is 2.61. The van der Waals surface area contributed by atoms with E-state index >= 15 is 0 Å². The minimum atomic E-state index is -4.07. The van der Waals surface area contributed by atoms with Crippen molar-refractivity contribution in [2.24, 2.45) is 0 Å². The van der Waals surface area contributed by atoms with E-state index < -0.39 is 22.5 Å². The molecule has 0 aliphatic heterocycles. The van der Waals surface area contributed by atoms with Gasteiger partial charge in [0.25, 0.3) is 10.0 Å². The fraction of sp³-hybridized carbons (Fsp3) is 0.278. The van der Waals surface area contributed by atoms with Crippen LogP contribution in [0.15, 0.2) is 47.4 Å². The molecule has 2 rings (SSSR count). The van der Waals surface area contributed by atoms with Crippen molar-refractivity contribution >= 4 is 44.9 Å². The van der Waals surface area contributed by atoms with Gasteiger partial charge >= 0.3 is 5.97 Å². The van der Waals surface area contributed by atoms with Gasteiger partial charge < -0.3 is 4.74 Å². The molecule has 0 N–H and O–H groups in total. The van der Waals surface area contributed by atoms with Crippen LogP contribution in [0.2, 0.25) is 10.0 Å². The van der Waals surface area contributed by atoms with Gasteiger partial charge in [0.05, 0.1) is 27.7 Å². The summed E-state index contributed by atoms with van der Waals surface area (Å²) in [7, 11) is -2.86. The summed E-state index contributed by atoms with van der Waals surface area (Å²) in [5.74, 6) is -0.623. The van der Waals surface area contributed by atoms with Crippen molar-refractivity contribution in [3.8, 4) is 0 Å². The number of para-hydroxylation sites is 1. The van der Waals surface area contributed by atoms with Crippen LogP contribution in [0.25, 0.3) is 0 Å². The van der Waals surface area contributed by atoms with Gasteiger partial charge in [-0.25, -0.2) is 8.42 Å². The molecule has 5 nitrogen and oxygen atoms in total. The molecule has 0 amide bonds. The number of halogens is 2. The van der Waals surface area contributed by atoms with Crippen LogP contribution in [-0.4, -0.2) is 28.0 Å². The largest absolute Gasteiger partial charge is 0.468 e. The highest BCUT2D eigenvalue weighted by Crippen LogP contribution is 2.33. The number of carbonyl (C=O) groups is 1. The third-order valence-electron chi connectivity index (χ3n) is 3.81. The Morgan fingerprint density at radius 3 is 2.35 bits per heavy atom. The molecule has 0 radical (unpaired) electrons. The van der Waals surface area contributed by atoms with Crippen molar-refractivity contribution in [3.05, 3.63) is 58.1 Å². The van der Waals surface area contributed by atoms with E-state index in [4.69, 9.17) is 23.2 Å². The summed E-state index contributed by atoms with van der Waals surface area (Å²) in [4.78, 5) is 11.8. The van der Waals surface area contributed by atoms with Crippen LogP contribution in [-0.2, 0) is 19.6 Å². The molecule has 0 saturated carbocycles. The molecule has 0 fully saturated rings. The Kier molecular flexibility index (Phi) is 6.55. The Morgan fingerprint density at radius 1 is 1.12 bits per heavy atom. The smallest absolute Gasteiger partial charge is 0.326 e.